The van der Waals surface area contributed by atoms with Gasteiger partial charge in [-0.1, -0.05) is 0 Å². The van der Waals surface area contributed by atoms with E-state index in [1.807, 2.05) is 11.8 Å². The first-order chi connectivity index (χ1) is 3.97. The second-order valence-corrected chi connectivity index (χ2v) is 3.07. The topological polar surface area (TPSA) is 15.3 Å². The Kier molecular flexibility index (Phi) is 0.981. The van der Waals surface area contributed by atoms with Gasteiger partial charge >= 0.3 is 0 Å². The lowest BCUT2D eigenvalue weighted by Crippen LogP contribution is -2.26. The Morgan fingerprint density at radius 1 is 1.75 bits per heavy atom. The van der Waals surface area contributed by atoms with Crippen LogP contribution in [0.25, 0.3) is 0 Å². The molecule has 2 aliphatic rings. The average molecular weight is 128 g/mol. The molecule has 3 heteroatoms. The molecule has 0 amide bonds. The van der Waals surface area contributed by atoms with E-state index in [2.05, 4.69) is 22.0 Å². The van der Waals surface area contributed by atoms with Crippen LogP contribution in [-0.4, -0.2) is 16.9 Å². The van der Waals surface area contributed by atoms with Crippen molar-refractivity contribution in [1.82, 2.24) is 10.4 Å². The van der Waals surface area contributed by atoms with Crippen LogP contribution in [0, 0.1) is 0 Å². The molecule has 0 radical (unpaired) electrons. The first kappa shape index (κ1) is 4.70. The number of rotatable bonds is 0. The Morgan fingerprint density at radius 2 is 2.75 bits per heavy atom. The highest BCUT2D eigenvalue weighted by Crippen LogP contribution is 2.28. The Hall–Kier alpha value is -0.150. The minimum atomic E-state index is 0.704. The average Bonchev–Trinajstić information content (AvgIpc) is 2.15. The number of thioether (sulfide) groups is 1. The SMILES string of the molecule is C1=CN2NCCC2S1. The second kappa shape index (κ2) is 1.67. The lowest BCUT2D eigenvalue weighted by Gasteiger charge is -2.12. The van der Waals surface area contributed by atoms with E-state index in [9.17, 15) is 0 Å². The zero-order valence-corrected chi connectivity index (χ0v) is 5.32. The van der Waals surface area contributed by atoms with Gasteiger partial charge in [0.05, 0.1) is 5.37 Å². The van der Waals surface area contributed by atoms with E-state index in [-0.39, 0.29) is 0 Å². The van der Waals surface area contributed by atoms with Crippen LogP contribution in [0.4, 0.5) is 0 Å². The number of nitrogens with one attached hydrogen (secondary N) is 1. The summed E-state index contributed by atoms with van der Waals surface area (Å²) in [6.45, 7) is 1.14. The van der Waals surface area contributed by atoms with Gasteiger partial charge < -0.3 is 5.01 Å². The molecule has 0 spiro atoms. The van der Waals surface area contributed by atoms with Crippen molar-refractivity contribution >= 4 is 11.8 Å². The molecular formula is C5H8N2S. The monoisotopic (exact) mass is 128 g/mol. The summed E-state index contributed by atoms with van der Waals surface area (Å²) in [6, 6.07) is 0. The molecule has 2 heterocycles. The summed E-state index contributed by atoms with van der Waals surface area (Å²) in [5, 5.41) is 5.01. The van der Waals surface area contributed by atoms with E-state index in [4.69, 9.17) is 0 Å². The van der Waals surface area contributed by atoms with Crippen LogP contribution in [0.5, 0.6) is 0 Å². The third kappa shape index (κ3) is 0.548. The van der Waals surface area contributed by atoms with E-state index in [0.29, 0.717) is 5.37 Å². The molecule has 1 N–H and O–H groups in total. The molecular weight excluding hydrogens is 120 g/mol. The van der Waals surface area contributed by atoms with Crippen LogP contribution in [0.2, 0.25) is 0 Å². The first-order valence-electron chi connectivity index (χ1n) is 2.81. The van der Waals surface area contributed by atoms with Crippen molar-refractivity contribution in [3.63, 3.8) is 0 Å². The Labute approximate surface area is 52.9 Å². The van der Waals surface area contributed by atoms with Gasteiger partial charge in [-0.3, -0.25) is 0 Å². The summed E-state index contributed by atoms with van der Waals surface area (Å²) in [5.74, 6) is 0. The summed E-state index contributed by atoms with van der Waals surface area (Å²) >= 11 is 1.90. The van der Waals surface area contributed by atoms with Gasteiger partial charge in [-0.15, -0.1) is 11.8 Å². The maximum absolute atomic E-state index is 3.24. The number of hydrazine groups is 1. The molecule has 0 aromatic heterocycles. The van der Waals surface area contributed by atoms with Crippen LogP contribution in [0.3, 0.4) is 0 Å². The van der Waals surface area contributed by atoms with Gasteiger partial charge in [-0.25, -0.2) is 5.43 Å². The molecule has 0 saturated carbocycles. The second-order valence-electron chi connectivity index (χ2n) is 1.98. The quantitative estimate of drug-likeness (QED) is 0.518. The van der Waals surface area contributed by atoms with Crippen molar-refractivity contribution < 1.29 is 0 Å². The highest BCUT2D eigenvalue weighted by atomic mass is 32.2. The van der Waals surface area contributed by atoms with Crippen molar-refractivity contribution in [3.8, 4) is 0 Å². The smallest absolute Gasteiger partial charge is 0.0953 e. The van der Waals surface area contributed by atoms with Crippen LogP contribution >= 0.6 is 11.8 Å². The van der Waals surface area contributed by atoms with Crippen LogP contribution in [0.1, 0.15) is 6.42 Å². The van der Waals surface area contributed by atoms with Gasteiger partial charge in [0.2, 0.25) is 0 Å². The van der Waals surface area contributed by atoms with Gasteiger partial charge in [-0.2, -0.15) is 0 Å². The zero-order valence-electron chi connectivity index (χ0n) is 4.50. The normalized spacial score (nSPS) is 34.0. The molecule has 0 bridgehead atoms. The highest BCUT2D eigenvalue weighted by molar-refractivity contribution is 8.02. The number of nitrogens with zero attached hydrogens (tertiary/aromatic N) is 1. The van der Waals surface area contributed by atoms with Crippen molar-refractivity contribution in [2.45, 2.75) is 11.8 Å². The van der Waals surface area contributed by atoms with Crippen molar-refractivity contribution in [1.29, 1.82) is 0 Å². The van der Waals surface area contributed by atoms with E-state index in [1.165, 1.54) is 6.42 Å². The van der Waals surface area contributed by atoms with Gasteiger partial charge in [0.15, 0.2) is 0 Å². The van der Waals surface area contributed by atoms with E-state index < -0.39 is 0 Å². The van der Waals surface area contributed by atoms with Crippen LogP contribution in [-0.2, 0) is 0 Å². The molecule has 1 atom stereocenters. The molecule has 0 aromatic carbocycles. The fourth-order valence-corrected chi connectivity index (χ4v) is 1.94. The van der Waals surface area contributed by atoms with Gasteiger partial charge in [0, 0.05) is 12.7 Å². The minimum absolute atomic E-state index is 0.704. The highest BCUT2D eigenvalue weighted by Gasteiger charge is 2.24. The number of hydrogen-bond donors (Lipinski definition) is 1. The summed E-state index contributed by atoms with van der Waals surface area (Å²) < 4.78 is 0. The third-order valence-electron chi connectivity index (χ3n) is 1.45. The molecule has 8 heavy (non-hydrogen) atoms. The summed E-state index contributed by atoms with van der Waals surface area (Å²) in [7, 11) is 0. The minimum Gasteiger partial charge on any atom is -0.302 e. The molecule has 2 aliphatic heterocycles. The van der Waals surface area contributed by atoms with E-state index in [0.717, 1.165) is 6.54 Å². The maximum atomic E-state index is 3.24. The maximum Gasteiger partial charge on any atom is 0.0953 e. The molecule has 2 nitrogen and oxygen atoms in total. The van der Waals surface area contributed by atoms with Gasteiger partial charge in [-0.05, 0) is 11.8 Å². The van der Waals surface area contributed by atoms with Gasteiger partial charge in [0.1, 0.15) is 0 Å². The van der Waals surface area contributed by atoms with Crippen molar-refractivity contribution in [3.05, 3.63) is 11.6 Å². The van der Waals surface area contributed by atoms with Gasteiger partial charge in [0.25, 0.3) is 0 Å². The van der Waals surface area contributed by atoms with E-state index >= 15 is 0 Å². The van der Waals surface area contributed by atoms with Crippen LogP contribution < -0.4 is 5.43 Å². The Balaban J connectivity index is 2.13. The molecule has 1 fully saturated rings. The Bertz CT molecular complexity index is 124. The largest absolute Gasteiger partial charge is 0.302 e. The summed E-state index contributed by atoms with van der Waals surface area (Å²) in [5.41, 5.74) is 3.24. The molecule has 1 saturated heterocycles. The van der Waals surface area contributed by atoms with Crippen molar-refractivity contribution in [2.75, 3.05) is 6.54 Å². The first-order valence-corrected chi connectivity index (χ1v) is 3.75. The predicted octanol–water partition coefficient (Wildman–Crippen LogP) is 0.741. The fourth-order valence-electron chi connectivity index (χ4n) is 1.03. The zero-order chi connectivity index (χ0) is 5.40. The molecule has 0 aromatic rings. The van der Waals surface area contributed by atoms with E-state index in [1.54, 1.807) is 0 Å². The number of fused-ring (bicyclic) bond motifs is 1. The standard InChI is InChI=1S/C5H8N2S/c1-2-6-7-3-4-8-5(1)7/h3-6H,1-2H2. The predicted molar refractivity (Wildman–Crippen MR) is 35.0 cm³/mol. The summed E-state index contributed by atoms with van der Waals surface area (Å²) in [4.78, 5) is 0. The molecule has 1 unspecified atom stereocenters. The fraction of sp³-hybridized carbons (Fsp3) is 0.600. The molecule has 2 rings (SSSR count). The lowest BCUT2D eigenvalue weighted by molar-refractivity contribution is 0.345. The Morgan fingerprint density at radius 3 is 3.62 bits per heavy atom. The molecule has 0 aliphatic carbocycles. The van der Waals surface area contributed by atoms with Crippen LogP contribution in [0.15, 0.2) is 11.6 Å². The summed E-state index contributed by atoms with van der Waals surface area (Å²) in [6.07, 6.45) is 3.38. The molecule has 44 valence electrons. The lowest BCUT2D eigenvalue weighted by atomic mass is 10.5. The van der Waals surface area contributed by atoms with Crippen molar-refractivity contribution in [2.24, 2.45) is 0 Å². The third-order valence-corrected chi connectivity index (χ3v) is 2.51. The number of hydrogen-bond acceptors (Lipinski definition) is 3.